The van der Waals surface area contributed by atoms with Gasteiger partial charge >= 0.3 is 0 Å². The molecular weight excluding hydrogens is 244 g/mol. The van der Waals surface area contributed by atoms with Crippen molar-refractivity contribution in [2.45, 2.75) is 45.2 Å². The molecule has 19 heavy (non-hydrogen) atoms. The molecule has 0 bridgehead atoms. The maximum absolute atomic E-state index is 10.5. The molecule has 0 aliphatic rings. The molecule has 4 heteroatoms. The lowest BCUT2D eigenvalue weighted by Gasteiger charge is -2.27. The fourth-order valence-corrected chi connectivity index (χ4v) is 1.87. The van der Waals surface area contributed by atoms with Crippen LogP contribution in [0.15, 0.2) is 24.3 Å². The van der Waals surface area contributed by atoms with Crippen molar-refractivity contribution in [3.05, 3.63) is 29.8 Å². The van der Waals surface area contributed by atoms with Crippen LogP contribution < -0.4 is 4.74 Å². The van der Waals surface area contributed by atoms with E-state index in [0.29, 0.717) is 6.42 Å². The Morgan fingerprint density at radius 1 is 1.11 bits per heavy atom. The molecule has 1 aromatic carbocycles. The van der Waals surface area contributed by atoms with Crippen molar-refractivity contribution < 1.29 is 19.3 Å². The second-order valence-corrected chi connectivity index (χ2v) is 5.07. The van der Waals surface area contributed by atoms with Crippen molar-refractivity contribution in [3.63, 3.8) is 0 Å². The van der Waals surface area contributed by atoms with Gasteiger partial charge in [0.15, 0.2) is 6.29 Å². The highest BCUT2D eigenvalue weighted by molar-refractivity contribution is 5.30. The van der Waals surface area contributed by atoms with E-state index in [2.05, 4.69) is 0 Å². The van der Waals surface area contributed by atoms with Gasteiger partial charge in [-0.25, -0.2) is 0 Å². The molecule has 0 aliphatic carbocycles. The van der Waals surface area contributed by atoms with Crippen LogP contribution in [0.25, 0.3) is 0 Å². The number of rotatable bonds is 7. The van der Waals surface area contributed by atoms with Crippen LogP contribution in [0, 0.1) is 0 Å². The lowest BCUT2D eigenvalue weighted by Crippen LogP contribution is -2.29. The summed E-state index contributed by atoms with van der Waals surface area (Å²) in [6.07, 6.45) is 0.0732. The summed E-state index contributed by atoms with van der Waals surface area (Å²) >= 11 is 0. The van der Waals surface area contributed by atoms with Crippen molar-refractivity contribution in [1.29, 1.82) is 0 Å². The molecule has 1 N–H and O–H groups in total. The zero-order chi connectivity index (χ0) is 14.5. The van der Waals surface area contributed by atoms with Gasteiger partial charge in [0.25, 0.3) is 0 Å². The molecular formula is C15H24O4. The third-order valence-corrected chi connectivity index (χ3v) is 2.94. The minimum atomic E-state index is -1.01. The molecule has 0 fully saturated rings. The van der Waals surface area contributed by atoms with Crippen LogP contribution in [-0.4, -0.2) is 31.7 Å². The van der Waals surface area contributed by atoms with E-state index in [4.69, 9.17) is 14.2 Å². The minimum Gasteiger partial charge on any atom is -0.491 e. The van der Waals surface area contributed by atoms with Crippen molar-refractivity contribution in [1.82, 2.24) is 0 Å². The minimum absolute atomic E-state index is 0.137. The van der Waals surface area contributed by atoms with Crippen molar-refractivity contribution in [3.8, 4) is 5.75 Å². The summed E-state index contributed by atoms with van der Waals surface area (Å²) in [7, 11) is 3.12. The molecule has 0 aliphatic heterocycles. The molecule has 0 spiro atoms. The van der Waals surface area contributed by atoms with E-state index in [0.717, 1.165) is 11.3 Å². The number of hydrogen-bond donors (Lipinski definition) is 1. The van der Waals surface area contributed by atoms with E-state index in [9.17, 15) is 5.11 Å². The van der Waals surface area contributed by atoms with Gasteiger partial charge in [0.05, 0.1) is 11.7 Å². The van der Waals surface area contributed by atoms with Gasteiger partial charge in [-0.1, -0.05) is 12.1 Å². The summed E-state index contributed by atoms with van der Waals surface area (Å²) in [6, 6.07) is 7.44. The Hall–Kier alpha value is -1.10. The Labute approximate surface area is 115 Å². The van der Waals surface area contributed by atoms with Gasteiger partial charge in [-0.3, -0.25) is 0 Å². The van der Waals surface area contributed by atoms with Crippen LogP contribution in [0.2, 0.25) is 0 Å². The standard InChI is InChI=1S/C15H24O4/c1-11(2)19-13-8-6-12(7-9-13)15(3,16)10-14(17-4)18-5/h6-9,11,14,16H,10H2,1-5H3. The summed E-state index contributed by atoms with van der Waals surface area (Å²) in [5.41, 5.74) is -0.199. The third kappa shape index (κ3) is 4.82. The summed E-state index contributed by atoms with van der Waals surface area (Å²) in [6.45, 7) is 5.70. The average Bonchev–Trinajstić information content (AvgIpc) is 2.36. The molecule has 0 saturated heterocycles. The monoisotopic (exact) mass is 268 g/mol. The molecule has 1 aromatic rings. The van der Waals surface area contributed by atoms with Crippen molar-refractivity contribution in [2.24, 2.45) is 0 Å². The molecule has 0 radical (unpaired) electrons. The molecule has 0 saturated carbocycles. The van der Waals surface area contributed by atoms with Gasteiger partial charge in [0.2, 0.25) is 0 Å². The maximum Gasteiger partial charge on any atom is 0.159 e. The first-order valence-electron chi connectivity index (χ1n) is 6.44. The Balaban J connectivity index is 2.77. The highest BCUT2D eigenvalue weighted by atomic mass is 16.7. The number of hydrogen-bond acceptors (Lipinski definition) is 4. The molecule has 1 atom stereocenters. The predicted molar refractivity (Wildman–Crippen MR) is 74.2 cm³/mol. The van der Waals surface area contributed by atoms with E-state index in [1.807, 2.05) is 38.1 Å². The van der Waals surface area contributed by atoms with Gasteiger partial charge in [0, 0.05) is 20.6 Å². The maximum atomic E-state index is 10.5. The van der Waals surface area contributed by atoms with E-state index in [1.54, 1.807) is 21.1 Å². The van der Waals surface area contributed by atoms with Gasteiger partial charge < -0.3 is 19.3 Å². The van der Waals surface area contributed by atoms with Crippen LogP contribution in [0.4, 0.5) is 0 Å². The predicted octanol–water partition coefficient (Wildman–Crippen LogP) is 2.69. The Kier molecular flexibility index (Phi) is 5.79. The first-order chi connectivity index (χ1) is 8.89. The quantitative estimate of drug-likeness (QED) is 0.772. The Morgan fingerprint density at radius 3 is 2.05 bits per heavy atom. The van der Waals surface area contributed by atoms with Crippen LogP contribution in [0.1, 0.15) is 32.8 Å². The smallest absolute Gasteiger partial charge is 0.159 e. The van der Waals surface area contributed by atoms with E-state index in [1.165, 1.54) is 0 Å². The highest BCUT2D eigenvalue weighted by Crippen LogP contribution is 2.28. The number of benzene rings is 1. The van der Waals surface area contributed by atoms with Crippen molar-refractivity contribution in [2.75, 3.05) is 14.2 Å². The van der Waals surface area contributed by atoms with Crippen LogP contribution >= 0.6 is 0 Å². The number of aliphatic hydroxyl groups is 1. The lowest BCUT2D eigenvalue weighted by molar-refractivity contribution is -0.142. The van der Waals surface area contributed by atoms with Gasteiger partial charge in [-0.2, -0.15) is 0 Å². The van der Waals surface area contributed by atoms with Crippen LogP contribution in [-0.2, 0) is 15.1 Å². The van der Waals surface area contributed by atoms with Crippen LogP contribution in [0.3, 0.4) is 0 Å². The Morgan fingerprint density at radius 2 is 1.63 bits per heavy atom. The fourth-order valence-electron chi connectivity index (χ4n) is 1.87. The molecule has 0 amide bonds. The highest BCUT2D eigenvalue weighted by Gasteiger charge is 2.27. The summed E-state index contributed by atoms with van der Waals surface area (Å²) < 4.78 is 15.8. The van der Waals surface area contributed by atoms with E-state index < -0.39 is 11.9 Å². The molecule has 1 unspecified atom stereocenters. The summed E-state index contributed by atoms with van der Waals surface area (Å²) in [4.78, 5) is 0. The second-order valence-electron chi connectivity index (χ2n) is 5.07. The molecule has 0 heterocycles. The summed E-state index contributed by atoms with van der Waals surface area (Å²) in [5.74, 6) is 0.796. The lowest BCUT2D eigenvalue weighted by atomic mass is 9.92. The molecule has 4 nitrogen and oxygen atoms in total. The Bertz CT molecular complexity index is 366. The zero-order valence-electron chi connectivity index (χ0n) is 12.3. The SMILES string of the molecule is COC(CC(C)(O)c1ccc(OC(C)C)cc1)OC. The first-order valence-corrected chi connectivity index (χ1v) is 6.44. The van der Waals surface area contributed by atoms with Gasteiger partial charge in [-0.15, -0.1) is 0 Å². The second kappa shape index (κ2) is 6.89. The molecule has 108 valence electrons. The van der Waals surface area contributed by atoms with E-state index >= 15 is 0 Å². The summed E-state index contributed by atoms with van der Waals surface area (Å²) in [5, 5.41) is 10.5. The van der Waals surface area contributed by atoms with Crippen LogP contribution in [0.5, 0.6) is 5.75 Å². The molecule has 0 aromatic heterocycles. The topological polar surface area (TPSA) is 47.9 Å². The average molecular weight is 268 g/mol. The largest absolute Gasteiger partial charge is 0.491 e. The zero-order valence-corrected chi connectivity index (χ0v) is 12.3. The molecule has 1 rings (SSSR count). The third-order valence-electron chi connectivity index (χ3n) is 2.94. The first kappa shape index (κ1) is 16.0. The number of methoxy groups -OCH3 is 2. The number of ether oxygens (including phenoxy) is 3. The van der Waals surface area contributed by atoms with E-state index in [-0.39, 0.29) is 6.10 Å². The van der Waals surface area contributed by atoms with Crippen molar-refractivity contribution >= 4 is 0 Å². The fraction of sp³-hybridized carbons (Fsp3) is 0.600. The van der Waals surface area contributed by atoms with Gasteiger partial charge in [-0.05, 0) is 38.5 Å². The van der Waals surface area contributed by atoms with Gasteiger partial charge in [0.1, 0.15) is 5.75 Å². The normalized spacial score (nSPS) is 14.7.